The standard InChI is InChI=1S/C7H9NS.ClH/c9-7-6-8-4-2-1-3-5-8;/h1-5H,6-7H2;1H. The van der Waals surface area contributed by atoms with Crippen molar-refractivity contribution in [3.63, 3.8) is 0 Å². The molecular weight excluding hydrogens is 166 g/mol. The summed E-state index contributed by atoms with van der Waals surface area (Å²) in [6, 6.07) is 6.01. The fourth-order valence-corrected chi connectivity index (χ4v) is 0.900. The van der Waals surface area contributed by atoms with Gasteiger partial charge >= 0.3 is 0 Å². The van der Waals surface area contributed by atoms with Gasteiger partial charge in [0, 0.05) is 12.1 Å². The van der Waals surface area contributed by atoms with Crippen molar-refractivity contribution in [2.75, 3.05) is 5.75 Å². The minimum Gasteiger partial charge on any atom is -0.787 e. The molecule has 0 fully saturated rings. The first-order chi connectivity index (χ1) is 4.43. The van der Waals surface area contributed by atoms with E-state index in [1.54, 1.807) is 0 Å². The molecule has 1 rings (SSSR count). The molecule has 56 valence electrons. The Balaban J connectivity index is 0.000000810. The molecule has 0 unspecified atom stereocenters. The maximum atomic E-state index is 4.81. The molecule has 0 bridgehead atoms. The van der Waals surface area contributed by atoms with E-state index in [9.17, 15) is 0 Å². The van der Waals surface area contributed by atoms with Crippen molar-refractivity contribution in [3.05, 3.63) is 30.6 Å². The molecule has 3 heteroatoms. The summed E-state index contributed by atoms with van der Waals surface area (Å²) in [6.45, 7) is 0.941. The number of hydrogen-bond acceptors (Lipinski definition) is 1. The highest BCUT2D eigenvalue weighted by Crippen LogP contribution is 1.75. The second-order valence-electron chi connectivity index (χ2n) is 1.82. The summed E-state index contributed by atoms with van der Waals surface area (Å²) in [5, 5.41) is 0. The topological polar surface area (TPSA) is 3.88 Å². The van der Waals surface area contributed by atoms with Crippen LogP contribution < -0.4 is 4.57 Å². The summed E-state index contributed by atoms with van der Waals surface area (Å²) in [5.74, 6) is 0.786. The Bertz CT molecular complexity index is 167. The van der Waals surface area contributed by atoms with E-state index in [2.05, 4.69) is 4.57 Å². The van der Waals surface area contributed by atoms with Crippen LogP contribution in [0.2, 0.25) is 0 Å². The molecule has 0 N–H and O–H groups in total. The van der Waals surface area contributed by atoms with E-state index in [0.29, 0.717) is 0 Å². The SMILES string of the molecule is Cl.[S-]CC[n+]1ccccc1. The van der Waals surface area contributed by atoms with Crippen LogP contribution in [-0.2, 0) is 19.2 Å². The lowest BCUT2D eigenvalue weighted by molar-refractivity contribution is -0.692. The summed E-state index contributed by atoms with van der Waals surface area (Å²) < 4.78 is 2.08. The van der Waals surface area contributed by atoms with Crippen LogP contribution in [0.3, 0.4) is 0 Å². The zero-order valence-electron chi connectivity index (χ0n) is 5.56. The molecule has 0 aliphatic rings. The average molecular weight is 176 g/mol. The van der Waals surface area contributed by atoms with Gasteiger partial charge in [-0.1, -0.05) is 6.07 Å². The molecule has 0 amide bonds. The van der Waals surface area contributed by atoms with Gasteiger partial charge in [-0.25, -0.2) is 4.57 Å². The van der Waals surface area contributed by atoms with Crippen molar-refractivity contribution < 1.29 is 4.57 Å². The van der Waals surface area contributed by atoms with Crippen LogP contribution >= 0.6 is 12.4 Å². The first-order valence-electron chi connectivity index (χ1n) is 2.95. The summed E-state index contributed by atoms with van der Waals surface area (Å²) in [6.07, 6.45) is 4.04. The second kappa shape index (κ2) is 5.57. The van der Waals surface area contributed by atoms with Crippen LogP contribution in [0.1, 0.15) is 0 Å². The van der Waals surface area contributed by atoms with Gasteiger partial charge in [-0.05, 0) is 0 Å². The largest absolute Gasteiger partial charge is 0.787 e. The lowest BCUT2D eigenvalue weighted by atomic mass is 10.5. The molecule has 0 aliphatic carbocycles. The Kier molecular flexibility index (Phi) is 5.45. The fraction of sp³-hybridized carbons (Fsp3) is 0.286. The molecule has 10 heavy (non-hydrogen) atoms. The predicted molar refractivity (Wildman–Crippen MR) is 46.1 cm³/mol. The van der Waals surface area contributed by atoms with E-state index < -0.39 is 0 Å². The Morgan fingerprint density at radius 2 is 1.70 bits per heavy atom. The van der Waals surface area contributed by atoms with E-state index in [4.69, 9.17) is 12.6 Å². The molecule has 0 aliphatic heterocycles. The van der Waals surface area contributed by atoms with Crippen LogP contribution in [0.25, 0.3) is 0 Å². The maximum Gasteiger partial charge on any atom is 0.168 e. The van der Waals surface area contributed by atoms with Gasteiger partial charge in [-0.3, -0.25) is 0 Å². The highest BCUT2D eigenvalue weighted by atomic mass is 35.5. The van der Waals surface area contributed by atoms with Crippen molar-refractivity contribution in [2.45, 2.75) is 6.54 Å². The van der Waals surface area contributed by atoms with Crippen molar-refractivity contribution in [2.24, 2.45) is 0 Å². The third kappa shape index (κ3) is 3.08. The summed E-state index contributed by atoms with van der Waals surface area (Å²) >= 11 is 4.81. The lowest BCUT2D eigenvalue weighted by Crippen LogP contribution is -2.33. The number of pyridine rings is 1. The Labute approximate surface area is 72.9 Å². The third-order valence-electron chi connectivity index (χ3n) is 1.13. The van der Waals surface area contributed by atoms with E-state index >= 15 is 0 Å². The normalized spacial score (nSPS) is 8.50. The van der Waals surface area contributed by atoms with Gasteiger partial charge in [-0.2, -0.15) is 0 Å². The van der Waals surface area contributed by atoms with E-state index in [1.165, 1.54) is 0 Å². The summed E-state index contributed by atoms with van der Waals surface area (Å²) in [5.41, 5.74) is 0. The highest BCUT2D eigenvalue weighted by Gasteiger charge is 1.87. The van der Waals surface area contributed by atoms with Crippen molar-refractivity contribution >= 4 is 25.0 Å². The van der Waals surface area contributed by atoms with Crippen molar-refractivity contribution in [3.8, 4) is 0 Å². The van der Waals surface area contributed by atoms with Gasteiger partial charge in [0.25, 0.3) is 0 Å². The molecule has 1 heterocycles. The molecule has 0 spiro atoms. The molecule has 0 aromatic carbocycles. The summed E-state index contributed by atoms with van der Waals surface area (Å²) in [4.78, 5) is 0. The van der Waals surface area contributed by atoms with Gasteiger partial charge in [0.15, 0.2) is 12.4 Å². The number of nitrogens with zero attached hydrogens (tertiary/aromatic N) is 1. The van der Waals surface area contributed by atoms with E-state index in [1.807, 2.05) is 30.6 Å². The molecular formula is C7H10ClNS. The van der Waals surface area contributed by atoms with Crippen LogP contribution in [0, 0.1) is 0 Å². The van der Waals surface area contributed by atoms with Crippen LogP contribution in [0.15, 0.2) is 30.6 Å². The van der Waals surface area contributed by atoms with Gasteiger partial charge < -0.3 is 12.6 Å². The minimum absolute atomic E-state index is 0. The molecule has 0 radical (unpaired) electrons. The van der Waals surface area contributed by atoms with Gasteiger partial charge in [0.05, 0.1) is 0 Å². The summed E-state index contributed by atoms with van der Waals surface area (Å²) in [7, 11) is 0. The Morgan fingerprint density at radius 1 is 1.10 bits per heavy atom. The van der Waals surface area contributed by atoms with Crippen LogP contribution in [-0.4, -0.2) is 5.75 Å². The highest BCUT2D eigenvalue weighted by molar-refractivity contribution is 7.58. The Hall–Kier alpha value is -0.210. The number of hydrogen-bond donors (Lipinski definition) is 0. The van der Waals surface area contributed by atoms with Crippen LogP contribution in [0.4, 0.5) is 0 Å². The molecule has 0 saturated heterocycles. The molecule has 1 aromatic rings. The molecule has 0 saturated carbocycles. The number of rotatable bonds is 2. The third-order valence-corrected chi connectivity index (χ3v) is 1.31. The number of halogens is 1. The molecule has 1 aromatic heterocycles. The first-order valence-corrected chi connectivity index (χ1v) is 3.53. The zero-order chi connectivity index (χ0) is 6.53. The number of aromatic nitrogens is 1. The van der Waals surface area contributed by atoms with Crippen molar-refractivity contribution in [1.29, 1.82) is 0 Å². The Morgan fingerprint density at radius 3 is 2.20 bits per heavy atom. The zero-order valence-corrected chi connectivity index (χ0v) is 7.20. The predicted octanol–water partition coefficient (Wildman–Crippen LogP) is 0.943. The molecule has 0 atom stereocenters. The van der Waals surface area contributed by atoms with E-state index in [0.717, 1.165) is 12.3 Å². The minimum atomic E-state index is 0. The van der Waals surface area contributed by atoms with Crippen molar-refractivity contribution in [1.82, 2.24) is 0 Å². The smallest absolute Gasteiger partial charge is 0.168 e. The monoisotopic (exact) mass is 175 g/mol. The second-order valence-corrected chi connectivity index (χ2v) is 2.23. The van der Waals surface area contributed by atoms with Gasteiger partial charge in [0.2, 0.25) is 0 Å². The fourth-order valence-electron chi connectivity index (χ4n) is 0.689. The lowest BCUT2D eigenvalue weighted by Gasteiger charge is -1.96. The maximum absolute atomic E-state index is 4.81. The molecule has 1 nitrogen and oxygen atoms in total. The van der Waals surface area contributed by atoms with Gasteiger partial charge in [0.1, 0.15) is 6.54 Å². The quantitative estimate of drug-likeness (QED) is 0.478. The van der Waals surface area contributed by atoms with Gasteiger partial charge in [-0.15, -0.1) is 18.2 Å². The number of aryl methyl sites for hydroxylation is 1. The van der Waals surface area contributed by atoms with E-state index in [-0.39, 0.29) is 12.4 Å². The van der Waals surface area contributed by atoms with Crippen LogP contribution in [0.5, 0.6) is 0 Å². The first kappa shape index (κ1) is 9.79. The average Bonchev–Trinajstić information content (AvgIpc) is 1.91.